The quantitative estimate of drug-likeness (QED) is 0.403. The molecule has 10 nitrogen and oxygen atoms in total. The van der Waals surface area contributed by atoms with E-state index >= 15 is 0 Å². The number of benzene rings is 2. The fourth-order valence-corrected chi connectivity index (χ4v) is 6.29. The molecule has 0 aromatic heterocycles. The van der Waals surface area contributed by atoms with Gasteiger partial charge in [0.25, 0.3) is 0 Å². The van der Waals surface area contributed by atoms with Gasteiger partial charge in [-0.2, -0.15) is 0 Å². The van der Waals surface area contributed by atoms with Crippen molar-refractivity contribution >= 4 is 0 Å². The summed E-state index contributed by atoms with van der Waals surface area (Å²) in [5, 5.41) is 0. The Hall–Kier alpha value is -2.12. The maximum Gasteiger partial charge on any atom is 0.187 e. The fraction of sp³-hybridized carbons (Fsp3) is 0.636. The first-order valence-electron chi connectivity index (χ1n) is 15.1. The van der Waals surface area contributed by atoms with Gasteiger partial charge < -0.3 is 47.4 Å². The molecule has 0 bridgehead atoms. The van der Waals surface area contributed by atoms with Crippen molar-refractivity contribution < 1.29 is 47.4 Å². The summed E-state index contributed by atoms with van der Waals surface area (Å²) in [6, 6.07) is 17.7. The Kier molecular flexibility index (Phi) is 8.87. The standard InChI is InChI=1S/C33H44O10/c1-19-25-27(43-33(5,6)41-25)29(30(37-19)36-18-21-11-9-8-10-12-21)39-31-28(35-17-22-13-15-23(34-7)16-14-22)26-24(20(2)38-31)40-32(3,4)42-26/h8-16,19-20,24-31H,17-18H2,1-7H3/t19-,20+,24-,25+,26-,27+,28+,29-,30+,31+/m0/s1. The molecule has 0 amide bonds. The third kappa shape index (κ3) is 6.78. The van der Waals surface area contributed by atoms with Crippen LogP contribution >= 0.6 is 0 Å². The topological polar surface area (TPSA) is 92.3 Å². The van der Waals surface area contributed by atoms with E-state index in [-0.39, 0.29) is 24.4 Å². The summed E-state index contributed by atoms with van der Waals surface area (Å²) in [6.07, 6.45) is -5.05. The maximum atomic E-state index is 6.82. The van der Waals surface area contributed by atoms with E-state index < -0.39 is 48.6 Å². The van der Waals surface area contributed by atoms with E-state index in [0.717, 1.165) is 16.9 Å². The van der Waals surface area contributed by atoms with Crippen LogP contribution < -0.4 is 4.74 Å². The van der Waals surface area contributed by atoms with E-state index in [1.54, 1.807) is 7.11 Å². The number of rotatable bonds is 9. The van der Waals surface area contributed by atoms with Gasteiger partial charge in [-0.1, -0.05) is 42.5 Å². The average Bonchev–Trinajstić information content (AvgIpc) is 3.49. The Morgan fingerprint density at radius 2 is 1.12 bits per heavy atom. The van der Waals surface area contributed by atoms with Gasteiger partial charge in [0, 0.05) is 0 Å². The number of hydrogen-bond acceptors (Lipinski definition) is 10. The Balaban J connectivity index is 1.26. The van der Waals surface area contributed by atoms with Crippen molar-refractivity contribution in [3.63, 3.8) is 0 Å². The lowest BCUT2D eigenvalue weighted by Gasteiger charge is -2.46. The molecule has 0 unspecified atom stereocenters. The lowest BCUT2D eigenvalue weighted by molar-refractivity contribution is -0.353. The summed E-state index contributed by atoms with van der Waals surface area (Å²) < 4.78 is 63.2. The van der Waals surface area contributed by atoms with Gasteiger partial charge in [0.05, 0.1) is 32.5 Å². The Morgan fingerprint density at radius 1 is 0.605 bits per heavy atom. The minimum atomic E-state index is -0.829. The average molecular weight is 601 g/mol. The first-order valence-corrected chi connectivity index (χ1v) is 15.1. The molecule has 10 heteroatoms. The molecule has 6 rings (SSSR count). The predicted octanol–water partition coefficient (Wildman–Crippen LogP) is 4.71. The summed E-state index contributed by atoms with van der Waals surface area (Å²) in [5.41, 5.74) is 1.99. The van der Waals surface area contributed by atoms with Gasteiger partial charge in [-0.05, 0) is 64.8 Å². The van der Waals surface area contributed by atoms with Crippen molar-refractivity contribution in [3.05, 3.63) is 65.7 Å². The number of methoxy groups -OCH3 is 1. The van der Waals surface area contributed by atoms with Crippen LogP contribution in [0.4, 0.5) is 0 Å². The zero-order chi connectivity index (χ0) is 30.4. The van der Waals surface area contributed by atoms with Crippen LogP contribution in [0.2, 0.25) is 0 Å². The van der Waals surface area contributed by atoms with E-state index in [2.05, 4.69) is 0 Å². The second kappa shape index (κ2) is 12.3. The lowest BCUT2D eigenvalue weighted by atomic mass is 9.97. The molecule has 0 spiro atoms. The predicted molar refractivity (Wildman–Crippen MR) is 154 cm³/mol. The maximum absolute atomic E-state index is 6.82. The molecule has 4 saturated heterocycles. The van der Waals surface area contributed by atoms with Crippen LogP contribution in [-0.2, 0) is 55.8 Å². The molecular formula is C33H44O10. The zero-order valence-electron chi connectivity index (χ0n) is 26.0. The highest BCUT2D eigenvalue weighted by Gasteiger charge is 2.59. The smallest absolute Gasteiger partial charge is 0.187 e. The van der Waals surface area contributed by atoms with Crippen LogP contribution in [0.3, 0.4) is 0 Å². The first-order chi connectivity index (χ1) is 20.5. The molecular weight excluding hydrogens is 556 g/mol. The number of ether oxygens (including phenoxy) is 10. The molecule has 2 aromatic carbocycles. The molecule has 2 aromatic rings. The van der Waals surface area contributed by atoms with Crippen LogP contribution in [0, 0.1) is 0 Å². The van der Waals surface area contributed by atoms with Crippen molar-refractivity contribution in [2.24, 2.45) is 0 Å². The molecule has 0 radical (unpaired) electrons. The third-order valence-corrected chi connectivity index (χ3v) is 8.28. The molecule has 0 aliphatic carbocycles. The van der Waals surface area contributed by atoms with Gasteiger partial charge in [0.2, 0.25) is 0 Å². The second-order valence-electron chi connectivity index (χ2n) is 12.6. The molecule has 236 valence electrons. The van der Waals surface area contributed by atoms with Crippen molar-refractivity contribution in [2.75, 3.05) is 7.11 Å². The van der Waals surface area contributed by atoms with Crippen LogP contribution in [0.5, 0.6) is 5.75 Å². The zero-order valence-corrected chi connectivity index (χ0v) is 26.0. The van der Waals surface area contributed by atoms with Crippen molar-refractivity contribution in [3.8, 4) is 5.75 Å². The summed E-state index contributed by atoms with van der Waals surface area (Å²) in [5.74, 6) is -0.838. The lowest BCUT2D eigenvalue weighted by Crippen LogP contribution is -2.62. The van der Waals surface area contributed by atoms with Gasteiger partial charge in [-0.3, -0.25) is 0 Å². The van der Waals surface area contributed by atoms with Crippen LogP contribution in [-0.4, -0.2) is 80.1 Å². The van der Waals surface area contributed by atoms with Gasteiger partial charge in [-0.15, -0.1) is 0 Å². The Bertz CT molecular complexity index is 1200. The van der Waals surface area contributed by atoms with E-state index in [9.17, 15) is 0 Å². The molecule has 43 heavy (non-hydrogen) atoms. The highest BCUT2D eigenvalue weighted by molar-refractivity contribution is 5.26. The highest BCUT2D eigenvalue weighted by atomic mass is 16.8. The minimum absolute atomic E-state index is 0.280. The van der Waals surface area contributed by atoms with Crippen molar-refractivity contribution in [1.82, 2.24) is 0 Å². The molecule has 0 saturated carbocycles. The van der Waals surface area contributed by atoms with Gasteiger partial charge >= 0.3 is 0 Å². The molecule has 4 aliphatic rings. The highest BCUT2D eigenvalue weighted by Crippen LogP contribution is 2.43. The molecule has 4 heterocycles. The number of hydrogen-bond donors (Lipinski definition) is 0. The second-order valence-corrected chi connectivity index (χ2v) is 12.6. The molecule has 10 atom stereocenters. The van der Waals surface area contributed by atoms with Crippen LogP contribution in [0.15, 0.2) is 54.6 Å². The molecule has 4 fully saturated rings. The monoisotopic (exact) mass is 600 g/mol. The SMILES string of the molecule is COc1ccc(CO[C@H]2[C@@H](O[C@@H]3[C@H](OCc4ccccc4)O[C@@H](C)[C@H]4OC(C)(C)O[C@@H]34)O[C@H](C)[C@@H]3OC(C)(C)O[C@@H]32)cc1. The summed E-state index contributed by atoms with van der Waals surface area (Å²) >= 11 is 0. The van der Waals surface area contributed by atoms with E-state index in [1.807, 2.05) is 96.1 Å². The van der Waals surface area contributed by atoms with Crippen LogP contribution in [0.1, 0.15) is 52.7 Å². The first kappa shape index (κ1) is 30.9. The summed E-state index contributed by atoms with van der Waals surface area (Å²) in [7, 11) is 1.64. The van der Waals surface area contributed by atoms with Crippen molar-refractivity contribution in [2.45, 2.75) is 128 Å². The van der Waals surface area contributed by atoms with E-state index in [1.165, 1.54) is 0 Å². The van der Waals surface area contributed by atoms with E-state index in [0.29, 0.717) is 13.2 Å². The molecule has 0 N–H and O–H groups in total. The number of fused-ring (bicyclic) bond motifs is 2. The van der Waals surface area contributed by atoms with Crippen LogP contribution in [0.25, 0.3) is 0 Å². The largest absolute Gasteiger partial charge is 0.497 e. The van der Waals surface area contributed by atoms with Gasteiger partial charge in [0.15, 0.2) is 24.2 Å². The van der Waals surface area contributed by atoms with E-state index in [4.69, 9.17) is 47.4 Å². The summed E-state index contributed by atoms with van der Waals surface area (Å²) in [6.45, 7) is 12.2. The Morgan fingerprint density at radius 3 is 1.72 bits per heavy atom. The minimum Gasteiger partial charge on any atom is -0.497 e. The summed E-state index contributed by atoms with van der Waals surface area (Å²) in [4.78, 5) is 0. The molecule has 4 aliphatic heterocycles. The Labute approximate surface area is 253 Å². The fourth-order valence-electron chi connectivity index (χ4n) is 6.29. The third-order valence-electron chi connectivity index (χ3n) is 8.28. The normalized spacial score (nSPS) is 37.9. The van der Waals surface area contributed by atoms with Crippen molar-refractivity contribution in [1.29, 1.82) is 0 Å². The van der Waals surface area contributed by atoms with Gasteiger partial charge in [-0.25, -0.2) is 0 Å². The van der Waals surface area contributed by atoms with Gasteiger partial charge in [0.1, 0.15) is 42.4 Å².